The molecule has 0 fully saturated rings. The van der Waals surface area contributed by atoms with Crippen molar-refractivity contribution in [2.24, 2.45) is 0 Å². The van der Waals surface area contributed by atoms with Crippen molar-refractivity contribution in [2.45, 2.75) is 6.92 Å². The molecule has 0 aliphatic rings. The Hall–Kier alpha value is -2.36. The Balaban J connectivity index is 2.24. The molecule has 1 aromatic heterocycles. The average molecular weight is 229 g/mol. The first-order chi connectivity index (χ1) is 8.15. The summed E-state index contributed by atoms with van der Waals surface area (Å²) in [4.78, 5) is 15.0. The molecule has 2 rings (SSSR count). The summed E-state index contributed by atoms with van der Waals surface area (Å²) in [6, 6.07) is 11.7. The van der Waals surface area contributed by atoms with E-state index in [-0.39, 0.29) is 5.56 Å². The van der Waals surface area contributed by atoms with E-state index in [9.17, 15) is 4.79 Å². The smallest absolute Gasteiger partial charge is 0.335 e. The Labute approximate surface area is 98.5 Å². The van der Waals surface area contributed by atoms with Crippen molar-refractivity contribution in [2.75, 3.05) is 0 Å². The molecule has 0 amide bonds. The number of hydrogen-bond donors (Lipinski definition) is 1. The number of hydrogen-bond acceptors (Lipinski definition) is 3. The predicted octanol–water partition coefficient (Wildman–Crippen LogP) is 2.88. The lowest BCUT2D eigenvalue weighted by Crippen LogP contribution is -1.96. The lowest BCUT2D eigenvalue weighted by atomic mass is 10.2. The van der Waals surface area contributed by atoms with Crippen molar-refractivity contribution < 1.29 is 14.6 Å². The third-order valence-corrected chi connectivity index (χ3v) is 2.17. The van der Waals surface area contributed by atoms with Crippen molar-refractivity contribution in [1.29, 1.82) is 0 Å². The molecule has 86 valence electrons. The number of ether oxygens (including phenoxy) is 1. The molecule has 1 heterocycles. The highest BCUT2D eigenvalue weighted by molar-refractivity contribution is 5.88. The van der Waals surface area contributed by atoms with Crippen LogP contribution in [0.5, 0.6) is 11.6 Å². The monoisotopic (exact) mass is 229 g/mol. The van der Waals surface area contributed by atoms with Crippen LogP contribution in [0.3, 0.4) is 0 Å². The van der Waals surface area contributed by atoms with E-state index >= 15 is 0 Å². The lowest BCUT2D eigenvalue weighted by molar-refractivity contribution is 0.0696. The number of aromatic carboxylic acids is 1. The molecule has 1 N–H and O–H groups in total. The van der Waals surface area contributed by atoms with Crippen LogP contribution in [0.2, 0.25) is 0 Å². The van der Waals surface area contributed by atoms with Gasteiger partial charge in [0.15, 0.2) is 0 Å². The highest BCUT2D eigenvalue weighted by Crippen LogP contribution is 2.20. The van der Waals surface area contributed by atoms with Gasteiger partial charge in [0.2, 0.25) is 5.88 Å². The molecular formula is C13H11NO3. The standard InChI is InChI=1S/C13H11NO3/c1-9-4-2-7-12(14-9)17-11-6-3-5-10(8-11)13(15)16/h2-8H,1H3,(H,15,16). The summed E-state index contributed by atoms with van der Waals surface area (Å²) < 4.78 is 5.48. The Morgan fingerprint density at radius 2 is 2.00 bits per heavy atom. The second-order valence-corrected chi connectivity index (χ2v) is 3.55. The minimum Gasteiger partial charge on any atom is -0.478 e. The minimum absolute atomic E-state index is 0.190. The van der Waals surface area contributed by atoms with Gasteiger partial charge in [-0.05, 0) is 31.2 Å². The summed E-state index contributed by atoms with van der Waals surface area (Å²) in [5.74, 6) is -0.0665. The molecule has 0 radical (unpaired) electrons. The van der Waals surface area contributed by atoms with Crippen molar-refractivity contribution in [3.05, 3.63) is 53.7 Å². The Kier molecular flexibility index (Phi) is 3.05. The van der Waals surface area contributed by atoms with E-state index in [1.54, 1.807) is 18.2 Å². The van der Waals surface area contributed by atoms with Crippen LogP contribution in [0.15, 0.2) is 42.5 Å². The van der Waals surface area contributed by atoms with Crippen LogP contribution < -0.4 is 4.74 Å². The molecule has 0 bridgehead atoms. The van der Waals surface area contributed by atoms with Gasteiger partial charge in [0.25, 0.3) is 0 Å². The van der Waals surface area contributed by atoms with Crippen LogP contribution in [-0.4, -0.2) is 16.1 Å². The molecule has 1 aromatic carbocycles. The molecule has 0 aliphatic carbocycles. The normalized spacial score (nSPS) is 9.94. The topological polar surface area (TPSA) is 59.4 Å². The fourth-order valence-electron chi connectivity index (χ4n) is 1.39. The second kappa shape index (κ2) is 4.65. The maximum atomic E-state index is 10.8. The zero-order chi connectivity index (χ0) is 12.3. The first-order valence-electron chi connectivity index (χ1n) is 5.10. The highest BCUT2D eigenvalue weighted by atomic mass is 16.5. The highest BCUT2D eigenvalue weighted by Gasteiger charge is 2.05. The van der Waals surface area contributed by atoms with Crippen LogP contribution in [0.1, 0.15) is 16.1 Å². The molecule has 0 spiro atoms. The van der Waals surface area contributed by atoms with E-state index in [1.807, 2.05) is 19.1 Å². The third kappa shape index (κ3) is 2.81. The van der Waals surface area contributed by atoms with E-state index in [0.717, 1.165) is 5.69 Å². The van der Waals surface area contributed by atoms with Gasteiger partial charge in [-0.1, -0.05) is 12.1 Å². The van der Waals surface area contributed by atoms with Crippen LogP contribution in [0, 0.1) is 6.92 Å². The first-order valence-corrected chi connectivity index (χ1v) is 5.10. The van der Waals surface area contributed by atoms with E-state index in [2.05, 4.69) is 4.98 Å². The number of aromatic nitrogens is 1. The molecule has 0 saturated carbocycles. The molecule has 4 heteroatoms. The number of carboxylic acid groups (broad SMARTS) is 1. The average Bonchev–Trinajstić information content (AvgIpc) is 2.29. The molecular weight excluding hydrogens is 218 g/mol. The molecule has 0 unspecified atom stereocenters. The molecule has 0 aliphatic heterocycles. The third-order valence-electron chi connectivity index (χ3n) is 2.17. The van der Waals surface area contributed by atoms with Crippen LogP contribution >= 0.6 is 0 Å². The van der Waals surface area contributed by atoms with Crippen molar-refractivity contribution in [3.8, 4) is 11.6 Å². The molecule has 17 heavy (non-hydrogen) atoms. The molecule has 0 saturated heterocycles. The van der Waals surface area contributed by atoms with Crippen LogP contribution in [0.4, 0.5) is 0 Å². The largest absolute Gasteiger partial charge is 0.478 e. The van der Waals surface area contributed by atoms with Crippen LogP contribution in [0.25, 0.3) is 0 Å². The van der Waals surface area contributed by atoms with Crippen molar-refractivity contribution >= 4 is 5.97 Å². The zero-order valence-corrected chi connectivity index (χ0v) is 9.25. The van der Waals surface area contributed by atoms with Gasteiger partial charge in [-0.15, -0.1) is 0 Å². The number of aryl methyl sites for hydroxylation is 1. The number of benzene rings is 1. The number of pyridine rings is 1. The molecule has 2 aromatic rings. The number of carbonyl (C=O) groups is 1. The second-order valence-electron chi connectivity index (χ2n) is 3.55. The Morgan fingerprint density at radius 1 is 1.24 bits per heavy atom. The fraction of sp³-hybridized carbons (Fsp3) is 0.0769. The van der Waals surface area contributed by atoms with Gasteiger partial charge < -0.3 is 9.84 Å². The van der Waals surface area contributed by atoms with Gasteiger partial charge in [-0.2, -0.15) is 0 Å². The summed E-state index contributed by atoms with van der Waals surface area (Å²) >= 11 is 0. The molecule has 0 atom stereocenters. The van der Waals surface area contributed by atoms with Gasteiger partial charge in [-0.3, -0.25) is 0 Å². The number of nitrogens with zero attached hydrogens (tertiary/aromatic N) is 1. The number of rotatable bonds is 3. The maximum absolute atomic E-state index is 10.8. The summed E-state index contributed by atoms with van der Waals surface area (Å²) in [6.07, 6.45) is 0. The van der Waals surface area contributed by atoms with Gasteiger partial charge in [-0.25, -0.2) is 9.78 Å². The Morgan fingerprint density at radius 3 is 2.71 bits per heavy atom. The van der Waals surface area contributed by atoms with E-state index in [4.69, 9.17) is 9.84 Å². The van der Waals surface area contributed by atoms with Gasteiger partial charge >= 0.3 is 5.97 Å². The first kappa shape index (κ1) is 11.1. The molecule has 4 nitrogen and oxygen atoms in total. The quantitative estimate of drug-likeness (QED) is 0.879. The predicted molar refractivity (Wildman–Crippen MR) is 62.4 cm³/mol. The maximum Gasteiger partial charge on any atom is 0.335 e. The van der Waals surface area contributed by atoms with Gasteiger partial charge in [0.05, 0.1) is 5.56 Å². The van der Waals surface area contributed by atoms with E-state index in [1.165, 1.54) is 12.1 Å². The summed E-state index contributed by atoms with van der Waals surface area (Å²) in [5, 5.41) is 8.85. The zero-order valence-electron chi connectivity index (χ0n) is 9.25. The SMILES string of the molecule is Cc1cccc(Oc2cccc(C(=O)O)c2)n1. The lowest BCUT2D eigenvalue weighted by Gasteiger charge is -2.05. The van der Waals surface area contributed by atoms with Crippen molar-refractivity contribution in [3.63, 3.8) is 0 Å². The minimum atomic E-state index is -0.979. The van der Waals surface area contributed by atoms with Crippen molar-refractivity contribution in [1.82, 2.24) is 4.98 Å². The van der Waals surface area contributed by atoms with Gasteiger partial charge in [0, 0.05) is 11.8 Å². The van der Waals surface area contributed by atoms with E-state index < -0.39 is 5.97 Å². The van der Waals surface area contributed by atoms with Crippen LogP contribution in [-0.2, 0) is 0 Å². The van der Waals surface area contributed by atoms with E-state index in [0.29, 0.717) is 11.6 Å². The Bertz CT molecular complexity index is 552. The summed E-state index contributed by atoms with van der Waals surface area (Å²) in [7, 11) is 0. The van der Waals surface area contributed by atoms with Gasteiger partial charge in [0.1, 0.15) is 5.75 Å². The number of carboxylic acids is 1. The fourth-order valence-corrected chi connectivity index (χ4v) is 1.39. The summed E-state index contributed by atoms with van der Waals surface area (Å²) in [6.45, 7) is 1.86. The summed E-state index contributed by atoms with van der Waals surface area (Å²) in [5.41, 5.74) is 1.03.